The molecule has 0 saturated carbocycles. The Morgan fingerprint density at radius 3 is 2.50 bits per heavy atom. The summed E-state index contributed by atoms with van der Waals surface area (Å²) in [6.07, 6.45) is -0.746. The van der Waals surface area contributed by atoms with E-state index >= 15 is 0 Å². The van der Waals surface area contributed by atoms with Crippen LogP contribution >= 0.6 is 43.2 Å². The van der Waals surface area contributed by atoms with Gasteiger partial charge < -0.3 is 5.11 Å². The van der Waals surface area contributed by atoms with Crippen LogP contribution in [0.2, 0.25) is 0 Å². The Morgan fingerprint density at radius 1 is 1.19 bits per heavy atom. The summed E-state index contributed by atoms with van der Waals surface area (Å²) in [6, 6.07) is 6.14. The molecule has 0 amide bonds. The lowest BCUT2D eigenvalue weighted by Crippen LogP contribution is -1.99. The Kier molecular flexibility index (Phi) is 3.79. The quantitative estimate of drug-likeness (QED) is 0.831. The fraction of sp³-hybridized carbons (Fsp3) is 0.0909. The maximum Gasteiger partial charge on any atom is 0.124 e. The van der Waals surface area contributed by atoms with E-state index < -0.39 is 6.10 Å². The summed E-state index contributed by atoms with van der Waals surface area (Å²) in [4.78, 5) is 0.812. The standard InChI is InChI=1S/C11H7Br2FOS/c12-8-3-4-16-11(8)10(15)7-2-1-6(14)5-9(7)13/h1-5,10,15H. The Labute approximate surface area is 113 Å². The molecule has 1 aromatic carbocycles. The second kappa shape index (κ2) is 4.96. The lowest BCUT2D eigenvalue weighted by Gasteiger charge is -2.11. The molecule has 0 saturated heterocycles. The van der Waals surface area contributed by atoms with Crippen LogP contribution in [0.5, 0.6) is 0 Å². The molecule has 1 heterocycles. The number of rotatable bonds is 2. The van der Waals surface area contributed by atoms with E-state index in [4.69, 9.17) is 0 Å². The topological polar surface area (TPSA) is 20.2 Å². The van der Waals surface area contributed by atoms with Crippen molar-refractivity contribution in [2.45, 2.75) is 6.10 Å². The first-order valence-electron chi connectivity index (χ1n) is 4.45. The van der Waals surface area contributed by atoms with E-state index in [-0.39, 0.29) is 5.82 Å². The van der Waals surface area contributed by atoms with Gasteiger partial charge in [-0.25, -0.2) is 4.39 Å². The molecule has 1 unspecified atom stereocenters. The van der Waals surface area contributed by atoms with Gasteiger partial charge in [0.05, 0.1) is 4.88 Å². The SMILES string of the molecule is OC(c1ccc(F)cc1Br)c1sccc1Br. The molecule has 0 aliphatic carbocycles. The number of aliphatic hydroxyl groups is 1. The molecule has 1 aromatic heterocycles. The van der Waals surface area contributed by atoms with Gasteiger partial charge in [-0.15, -0.1) is 11.3 Å². The fourth-order valence-corrected chi connectivity index (χ4v) is 3.52. The molecule has 0 aliphatic rings. The molecule has 1 atom stereocenters. The summed E-state index contributed by atoms with van der Waals surface area (Å²) in [5.41, 5.74) is 0.657. The summed E-state index contributed by atoms with van der Waals surface area (Å²) in [5, 5.41) is 12.1. The molecule has 84 valence electrons. The van der Waals surface area contributed by atoms with Gasteiger partial charge in [-0.1, -0.05) is 22.0 Å². The molecule has 1 N–H and O–H groups in total. The Balaban J connectivity index is 2.41. The van der Waals surface area contributed by atoms with Crippen LogP contribution in [0.15, 0.2) is 38.6 Å². The molecular formula is C11H7Br2FOS. The summed E-state index contributed by atoms with van der Waals surface area (Å²) >= 11 is 8.07. The average Bonchev–Trinajstić information content (AvgIpc) is 2.63. The van der Waals surface area contributed by atoms with Gasteiger partial charge >= 0.3 is 0 Å². The van der Waals surface area contributed by atoms with Crippen molar-refractivity contribution in [2.24, 2.45) is 0 Å². The number of halogens is 3. The van der Waals surface area contributed by atoms with E-state index in [1.165, 1.54) is 23.5 Å². The third-order valence-corrected chi connectivity index (χ3v) is 4.76. The van der Waals surface area contributed by atoms with Gasteiger partial charge in [0.15, 0.2) is 0 Å². The van der Waals surface area contributed by atoms with E-state index in [9.17, 15) is 9.50 Å². The zero-order chi connectivity index (χ0) is 11.7. The first-order chi connectivity index (χ1) is 7.59. The first-order valence-corrected chi connectivity index (χ1v) is 6.92. The summed E-state index contributed by atoms with van der Waals surface area (Å²) < 4.78 is 14.3. The third-order valence-electron chi connectivity index (χ3n) is 2.15. The predicted molar refractivity (Wildman–Crippen MR) is 70.2 cm³/mol. The average molecular weight is 366 g/mol. The van der Waals surface area contributed by atoms with E-state index in [2.05, 4.69) is 31.9 Å². The molecule has 0 aliphatic heterocycles. The van der Waals surface area contributed by atoms with Crippen molar-refractivity contribution < 1.29 is 9.50 Å². The number of benzene rings is 1. The van der Waals surface area contributed by atoms with Crippen molar-refractivity contribution in [3.8, 4) is 0 Å². The minimum Gasteiger partial charge on any atom is -0.383 e. The van der Waals surface area contributed by atoms with Gasteiger partial charge in [-0.05, 0) is 39.5 Å². The number of hydrogen-bond acceptors (Lipinski definition) is 2. The van der Waals surface area contributed by atoms with Crippen molar-refractivity contribution in [3.63, 3.8) is 0 Å². The molecule has 16 heavy (non-hydrogen) atoms. The van der Waals surface area contributed by atoms with E-state index in [0.29, 0.717) is 10.0 Å². The molecule has 2 rings (SSSR count). The summed E-state index contributed by atoms with van der Waals surface area (Å²) in [7, 11) is 0. The number of aliphatic hydroxyl groups excluding tert-OH is 1. The Morgan fingerprint density at radius 2 is 1.94 bits per heavy atom. The minimum absolute atomic E-state index is 0.326. The van der Waals surface area contributed by atoms with Gasteiger partial charge in [0.25, 0.3) is 0 Å². The molecular weight excluding hydrogens is 359 g/mol. The van der Waals surface area contributed by atoms with E-state index in [0.717, 1.165) is 9.35 Å². The predicted octanol–water partition coefficient (Wildman–Crippen LogP) is 4.49. The summed E-state index contributed by atoms with van der Waals surface area (Å²) in [5.74, 6) is -0.326. The zero-order valence-electron chi connectivity index (χ0n) is 7.95. The van der Waals surface area contributed by atoms with Crippen molar-refractivity contribution in [1.29, 1.82) is 0 Å². The second-order valence-corrected chi connectivity index (χ2v) is 5.86. The maximum atomic E-state index is 12.9. The molecule has 2 aromatic rings. The highest BCUT2D eigenvalue weighted by Crippen LogP contribution is 2.36. The third kappa shape index (κ3) is 2.37. The Hall–Kier alpha value is -0.230. The van der Waals surface area contributed by atoms with Crippen molar-refractivity contribution in [1.82, 2.24) is 0 Å². The highest BCUT2D eigenvalue weighted by Gasteiger charge is 2.17. The van der Waals surface area contributed by atoms with Crippen LogP contribution in [0.4, 0.5) is 4.39 Å². The monoisotopic (exact) mass is 364 g/mol. The van der Waals surface area contributed by atoms with Crippen LogP contribution < -0.4 is 0 Å². The molecule has 5 heteroatoms. The lowest BCUT2D eigenvalue weighted by atomic mass is 10.1. The zero-order valence-corrected chi connectivity index (χ0v) is 11.9. The van der Waals surface area contributed by atoms with Crippen LogP contribution in [0.1, 0.15) is 16.5 Å². The van der Waals surface area contributed by atoms with Crippen LogP contribution in [0.3, 0.4) is 0 Å². The van der Waals surface area contributed by atoms with Gasteiger partial charge in [0.1, 0.15) is 11.9 Å². The van der Waals surface area contributed by atoms with E-state index in [1.807, 2.05) is 11.4 Å². The molecule has 1 nitrogen and oxygen atoms in total. The van der Waals surface area contributed by atoms with Crippen molar-refractivity contribution in [3.05, 3.63) is 54.8 Å². The second-order valence-electron chi connectivity index (χ2n) is 3.20. The molecule has 0 fully saturated rings. The maximum absolute atomic E-state index is 12.9. The number of hydrogen-bond donors (Lipinski definition) is 1. The summed E-state index contributed by atoms with van der Waals surface area (Å²) in [6.45, 7) is 0. The fourth-order valence-electron chi connectivity index (χ4n) is 1.37. The largest absolute Gasteiger partial charge is 0.383 e. The highest BCUT2D eigenvalue weighted by atomic mass is 79.9. The van der Waals surface area contributed by atoms with Gasteiger partial charge in [0.2, 0.25) is 0 Å². The highest BCUT2D eigenvalue weighted by molar-refractivity contribution is 9.10. The molecule has 0 radical (unpaired) electrons. The minimum atomic E-state index is -0.746. The normalized spacial score (nSPS) is 12.8. The van der Waals surface area contributed by atoms with Gasteiger partial charge in [0, 0.05) is 14.5 Å². The first kappa shape index (κ1) is 12.2. The molecule has 0 spiro atoms. The van der Waals surface area contributed by atoms with Gasteiger partial charge in [-0.2, -0.15) is 0 Å². The van der Waals surface area contributed by atoms with Crippen molar-refractivity contribution >= 4 is 43.2 Å². The van der Waals surface area contributed by atoms with Gasteiger partial charge in [-0.3, -0.25) is 0 Å². The molecule has 0 bridgehead atoms. The lowest BCUT2D eigenvalue weighted by molar-refractivity contribution is 0.222. The smallest absolute Gasteiger partial charge is 0.124 e. The Bertz CT molecular complexity index is 512. The van der Waals surface area contributed by atoms with Crippen LogP contribution in [-0.2, 0) is 0 Å². The van der Waals surface area contributed by atoms with Crippen LogP contribution in [-0.4, -0.2) is 5.11 Å². The van der Waals surface area contributed by atoms with E-state index in [1.54, 1.807) is 6.07 Å². The van der Waals surface area contributed by atoms with Crippen LogP contribution in [0.25, 0.3) is 0 Å². The van der Waals surface area contributed by atoms with Crippen molar-refractivity contribution in [2.75, 3.05) is 0 Å². The number of thiophene rings is 1. The van der Waals surface area contributed by atoms with Crippen LogP contribution in [0, 0.1) is 5.82 Å².